The summed E-state index contributed by atoms with van der Waals surface area (Å²) in [4.78, 5) is 17.0. The molecule has 0 saturated heterocycles. The number of ether oxygens (including phenoxy) is 1. The van der Waals surface area contributed by atoms with Crippen LogP contribution < -0.4 is 10.9 Å². The maximum atomic E-state index is 12.0. The van der Waals surface area contributed by atoms with Crippen molar-refractivity contribution >= 4 is 27.1 Å². The summed E-state index contributed by atoms with van der Waals surface area (Å²) in [7, 11) is 0. The van der Waals surface area contributed by atoms with E-state index in [-0.39, 0.29) is 5.56 Å². The van der Waals surface area contributed by atoms with Gasteiger partial charge in [-0.05, 0) is 31.0 Å². The quantitative estimate of drug-likeness (QED) is 0.752. The summed E-state index contributed by atoms with van der Waals surface area (Å²) >= 11 is 1.36. The molecule has 0 spiro atoms. The number of rotatable bonds is 6. The van der Waals surface area contributed by atoms with E-state index < -0.39 is 0 Å². The highest BCUT2D eigenvalue weighted by atomic mass is 32.1. The zero-order valence-electron chi connectivity index (χ0n) is 13.1. The topological polar surface area (TPSA) is 68.5 Å². The van der Waals surface area contributed by atoms with Gasteiger partial charge in [-0.1, -0.05) is 30.4 Å². The van der Waals surface area contributed by atoms with E-state index in [2.05, 4.69) is 15.4 Å². The molecule has 3 aromatic rings. The molecule has 0 atom stereocenters. The molecule has 0 saturated carbocycles. The monoisotopic (exact) mass is 330 g/mol. The van der Waals surface area contributed by atoms with Crippen LogP contribution in [-0.2, 0) is 17.8 Å². The van der Waals surface area contributed by atoms with Crippen LogP contribution in [0.5, 0.6) is 0 Å². The van der Waals surface area contributed by atoms with Crippen LogP contribution >= 0.6 is 11.3 Å². The normalized spacial score (nSPS) is 11.0. The average Bonchev–Trinajstić information content (AvgIpc) is 2.97. The predicted octanol–water partition coefficient (Wildman–Crippen LogP) is 2.99. The molecular weight excluding hydrogens is 312 g/mol. The van der Waals surface area contributed by atoms with Gasteiger partial charge in [0.2, 0.25) is 10.1 Å². The molecule has 2 aromatic heterocycles. The molecule has 0 aliphatic heterocycles. The van der Waals surface area contributed by atoms with Gasteiger partial charge in [-0.25, -0.2) is 4.98 Å². The van der Waals surface area contributed by atoms with E-state index in [4.69, 9.17) is 4.74 Å². The van der Waals surface area contributed by atoms with E-state index in [0.29, 0.717) is 23.3 Å². The van der Waals surface area contributed by atoms with E-state index in [1.54, 1.807) is 0 Å². The van der Waals surface area contributed by atoms with Crippen molar-refractivity contribution in [1.82, 2.24) is 14.6 Å². The molecule has 0 fully saturated rings. The van der Waals surface area contributed by atoms with Crippen LogP contribution in [0.4, 0.5) is 10.8 Å². The third-order valence-corrected chi connectivity index (χ3v) is 4.16. The minimum Gasteiger partial charge on any atom is -0.377 e. The Kier molecular flexibility index (Phi) is 4.68. The van der Waals surface area contributed by atoms with Gasteiger partial charge in [0.25, 0.3) is 5.56 Å². The van der Waals surface area contributed by atoms with Crippen molar-refractivity contribution in [2.45, 2.75) is 26.9 Å². The Morgan fingerprint density at radius 1 is 1.26 bits per heavy atom. The van der Waals surface area contributed by atoms with Crippen LogP contribution in [0.25, 0.3) is 4.96 Å². The number of fused-ring (bicyclic) bond motifs is 1. The molecule has 1 aromatic carbocycles. The van der Waals surface area contributed by atoms with Gasteiger partial charge < -0.3 is 10.1 Å². The molecule has 3 rings (SSSR count). The number of nitrogens with one attached hydrogen (secondary N) is 1. The van der Waals surface area contributed by atoms with Crippen molar-refractivity contribution in [3.05, 3.63) is 51.9 Å². The number of nitrogens with zero attached hydrogens (tertiary/aromatic N) is 3. The Balaban J connectivity index is 1.81. The highest BCUT2D eigenvalue weighted by molar-refractivity contribution is 7.20. The van der Waals surface area contributed by atoms with E-state index in [9.17, 15) is 4.79 Å². The Hall–Kier alpha value is -2.25. The fourth-order valence-corrected chi connectivity index (χ4v) is 2.96. The van der Waals surface area contributed by atoms with E-state index in [1.165, 1.54) is 21.9 Å². The van der Waals surface area contributed by atoms with Crippen LogP contribution in [0.3, 0.4) is 0 Å². The molecule has 0 aliphatic rings. The minimum absolute atomic E-state index is 0.150. The molecule has 0 amide bonds. The highest BCUT2D eigenvalue weighted by Gasteiger charge is 2.08. The molecular formula is C16H18N4O2S. The Morgan fingerprint density at radius 3 is 2.74 bits per heavy atom. The Morgan fingerprint density at radius 2 is 2.04 bits per heavy atom. The molecule has 0 bridgehead atoms. The largest absolute Gasteiger partial charge is 0.377 e. The van der Waals surface area contributed by atoms with Crippen LogP contribution in [0.15, 0.2) is 35.1 Å². The first kappa shape index (κ1) is 15.6. The number of aryl methyl sites for hydroxylation is 1. The van der Waals surface area contributed by atoms with Gasteiger partial charge in [-0.15, -0.1) is 5.10 Å². The van der Waals surface area contributed by atoms with Gasteiger partial charge in [0.15, 0.2) is 0 Å². The van der Waals surface area contributed by atoms with Gasteiger partial charge >= 0.3 is 0 Å². The summed E-state index contributed by atoms with van der Waals surface area (Å²) in [6, 6.07) is 9.47. The number of anilines is 2. The Bertz CT molecular complexity index is 855. The van der Waals surface area contributed by atoms with Gasteiger partial charge in [-0.3, -0.25) is 4.79 Å². The van der Waals surface area contributed by atoms with E-state index in [1.807, 2.05) is 38.1 Å². The molecule has 23 heavy (non-hydrogen) atoms. The first-order chi connectivity index (χ1) is 11.2. The lowest BCUT2D eigenvalue weighted by Crippen LogP contribution is -2.15. The van der Waals surface area contributed by atoms with Crippen molar-refractivity contribution in [2.24, 2.45) is 0 Å². The molecule has 0 aliphatic carbocycles. The molecule has 7 heteroatoms. The van der Waals surface area contributed by atoms with Crippen LogP contribution in [0.1, 0.15) is 25.1 Å². The number of benzene rings is 1. The minimum atomic E-state index is -0.150. The fraction of sp³-hybridized carbons (Fsp3) is 0.312. The lowest BCUT2D eigenvalue weighted by molar-refractivity contribution is 0.134. The molecule has 0 radical (unpaired) electrons. The maximum absolute atomic E-state index is 12.0. The van der Waals surface area contributed by atoms with Crippen molar-refractivity contribution in [3.63, 3.8) is 0 Å². The second-order valence-corrected chi connectivity index (χ2v) is 5.96. The zero-order chi connectivity index (χ0) is 16.2. The van der Waals surface area contributed by atoms with Crippen molar-refractivity contribution < 1.29 is 4.74 Å². The molecule has 6 nitrogen and oxygen atoms in total. The molecule has 2 heterocycles. The summed E-state index contributed by atoms with van der Waals surface area (Å²) in [5.74, 6) is 0. The van der Waals surface area contributed by atoms with Crippen molar-refractivity contribution in [3.8, 4) is 0 Å². The molecule has 120 valence electrons. The molecule has 0 unspecified atom stereocenters. The lowest BCUT2D eigenvalue weighted by atomic mass is 10.2. The maximum Gasteiger partial charge on any atom is 0.275 e. The summed E-state index contributed by atoms with van der Waals surface area (Å²) in [6.07, 6.45) is 0.730. The smallest absolute Gasteiger partial charge is 0.275 e. The van der Waals surface area contributed by atoms with Gasteiger partial charge in [-0.2, -0.15) is 4.52 Å². The SMILES string of the molecule is CCOCc1ccc(Nc2nn3c(=O)cc(CC)nc3s2)cc1. The van der Waals surface area contributed by atoms with E-state index >= 15 is 0 Å². The Labute approximate surface area is 137 Å². The zero-order valence-corrected chi connectivity index (χ0v) is 13.9. The highest BCUT2D eigenvalue weighted by Crippen LogP contribution is 2.22. The number of hydrogen-bond acceptors (Lipinski definition) is 6. The summed E-state index contributed by atoms with van der Waals surface area (Å²) < 4.78 is 6.70. The van der Waals surface area contributed by atoms with Crippen LogP contribution in [-0.4, -0.2) is 21.2 Å². The second kappa shape index (κ2) is 6.89. The number of aromatic nitrogens is 3. The van der Waals surface area contributed by atoms with Gasteiger partial charge in [0.1, 0.15) is 0 Å². The third kappa shape index (κ3) is 3.57. The summed E-state index contributed by atoms with van der Waals surface area (Å²) in [5, 5.41) is 8.13. The fourth-order valence-electron chi connectivity index (χ4n) is 2.12. The predicted molar refractivity (Wildman–Crippen MR) is 91.6 cm³/mol. The lowest BCUT2D eigenvalue weighted by Gasteiger charge is -2.04. The van der Waals surface area contributed by atoms with Crippen LogP contribution in [0.2, 0.25) is 0 Å². The van der Waals surface area contributed by atoms with Crippen LogP contribution in [0, 0.1) is 0 Å². The first-order valence-corrected chi connectivity index (χ1v) is 8.34. The van der Waals surface area contributed by atoms with E-state index in [0.717, 1.165) is 23.4 Å². The third-order valence-electron chi connectivity index (χ3n) is 3.34. The first-order valence-electron chi connectivity index (χ1n) is 7.53. The molecule has 1 N–H and O–H groups in total. The van der Waals surface area contributed by atoms with Gasteiger partial charge in [0.05, 0.1) is 6.61 Å². The standard InChI is InChI=1S/C16H18N4O2S/c1-3-12-9-14(21)20-16(18-12)23-15(19-20)17-13-7-5-11(6-8-13)10-22-4-2/h5-9H,3-4,10H2,1-2H3,(H,17,19). The summed E-state index contributed by atoms with van der Waals surface area (Å²) in [5.41, 5.74) is 2.66. The number of hydrogen-bond donors (Lipinski definition) is 1. The summed E-state index contributed by atoms with van der Waals surface area (Å²) in [6.45, 7) is 5.26. The van der Waals surface area contributed by atoms with Crippen molar-refractivity contribution in [1.29, 1.82) is 0 Å². The second-order valence-electron chi connectivity index (χ2n) is 5.00. The van der Waals surface area contributed by atoms with Gasteiger partial charge in [0, 0.05) is 24.1 Å². The van der Waals surface area contributed by atoms with Crippen molar-refractivity contribution in [2.75, 3.05) is 11.9 Å². The average molecular weight is 330 g/mol.